The van der Waals surface area contributed by atoms with Gasteiger partial charge in [-0.15, -0.1) is 0 Å². The summed E-state index contributed by atoms with van der Waals surface area (Å²) < 4.78 is 5.39. The largest absolute Gasteiger partial charge is 0.508 e. The van der Waals surface area contributed by atoms with Crippen molar-refractivity contribution in [2.75, 3.05) is 11.9 Å². The van der Waals surface area contributed by atoms with Crippen molar-refractivity contribution >= 4 is 46.4 Å². The summed E-state index contributed by atoms with van der Waals surface area (Å²) >= 11 is 0. The van der Waals surface area contributed by atoms with E-state index in [0.29, 0.717) is 17.7 Å². The molecule has 0 saturated carbocycles. The van der Waals surface area contributed by atoms with Crippen molar-refractivity contribution in [3.63, 3.8) is 0 Å². The number of aromatic nitrogens is 1. The molecular weight excluding hydrogens is 668 g/mol. The van der Waals surface area contributed by atoms with Gasteiger partial charge in [0, 0.05) is 42.2 Å². The van der Waals surface area contributed by atoms with Crippen LogP contribution in [0.4, 0.5) is 10.5 Å². The number of aromatic hydroxyl groups is 2. The molecule has 15 heteroatoms. The average Bonchev–Trinajstić information content (AvgIpc) is 3.49. The molecule has 0 radical (unpaired) electrons. The number of phenolic OH excluding ortho intramolecular Hbond substituents is 2. The predicted octanol–water partition coefficient (Wildman–Crippen LogP) is 3.13. The van der Waals surface area contributed by atoms with Gasteiger partial charge in [-0.05, 0) is 87.2 Å². The topological polar surface area (TPSA) is 244 Å². The Kier molecular flexibility index (Phi) is 13.1. The molecule has 52 heavy (non-hydrogen) atoms. The van der Waals surface area contributed by atoms with E-state index in [9.17, 15) is 29.4 Å². The molecular formula is C37H46N8O7. The summed E-state index contributed by atoms with van der Waals surface area (Å²) in [7, 11) is 0. The number of fused-ring (bicyclic) bond motifs is 1. The second kappa shape index (κ2) is 17.6. The normalized spacial score (nSPS) is 12.9. The molecule has 0 spiro atoms. The first-order valence-corrected chi connectivity index (χ1v) is 16.8. The number of rotatable bonds is 15. The number of amides is 4. The number of carbonyl (C=O) groups is 4. The fourth-order valence-electron chi connectivity index (χ4n) is 5.37. The third kappa shape index (κ3) is 12.0. The van der Waals surface area contributed by atoms with Crippen LogP contribution >= 0.6 is 0 Å². The van der Waals surface area contributed by atoms with Gasteiger partial charge in [-0.25, -0.2) is 4.79 Å². The molecule has 4 aromatic rings. The molecule has 3 atom stereocenters. The lowest BCUT2D eigenvalue weighted by molar-refractivity contribution is -0.131. The number of H-pyrrole nitrogens is 1. The first-order valence-electron chi connectivity index (χ1n) is 16.8. The third-order valence-corrected chi connectivity index (χ3v) is 7.87. The molecule has 4 amide bonds. The number of para-hydroxylation sites is 1. The molecule has 0 bridgehead atoms. The highest BCUT2D eigenvalue weighted by Gasteiger charge is 2.31. The molecule has 0 aliphatic heterocycles. The maximum atomic E-state index is 14.1. The smallest absolute Gasteiger partial charge is 0.408 e. The van der Waals surface area contributed by atoms with Crippen LogP contribution in [-0.2, 0) is 32.0 Å². The fourth-order valence-corrected chi connectivity index (χ4v) is 5.37. The van der Waals surface area contributed by atoms with Crippen LogP contribution in [0, 0.1) is 5.41 Å². The van der Waals surface area contributed by atoms with E-state index in [2.05, 4.69) is 31.6 Å². The number of aromatic amines is 1. The Morgan fingerprint density at radius 3 is 2.06 bits per heavy atom. The Bertz CT molecular complexity index is 1850. The summed E-state index contributed by atoms with van der Waals surface area (Å²) in [5, 5.41) is 41.4. The molecule has 0 aliphatic rings. The molecule has 0 aliphatic carbocycles. The van der Waals surface area contributed by atoms with E-state index in [1.165, 1.54) is 36.4 Å². The van der Waals surface area contributed by atoms with Crippen molar-refractivity contribution in [2.45, 2.75) is 70.2 Å². The Morgan fingerprint density at radius 1 is 0.808 bits per heavy atom. The van der Waals surface area contributed by atoms with E-state index in [-0.39, 0.29) is 43.3 Å². The molecule has 15 nitrogen and oxygen atoms in total. The lowest BCUT2D eigenvalue weighted by atomic mass is 10.0. The molecule has 11 N–H and O–H groups in total. The number of hydrogen-bond donors (Lipinski definition) is 10. The first kappa shape index (κ1) is 38.6. The number of phenols is 2. The van der Waals surface area contributed by atoms with E-state index in [0.717, 1.165) is 16.5 Å². The van der Waals surface area contributed by atoms with Crippen LogP contribution in [0.1, 0.15) is 44.7 Å². The number of carbonyl (C=O) groups excluding carboxylic acids is 4. The summed E-state index contributed by atoms with van der Waals surface area (Å²) in [6, 6.07) is 16.0. The van der Waals surface area contributed by atoms with Crippen molar-refractivity contribution in [2.24, 2.45) is 5.73 Å². The van der Waals surface area contributed by atoms with Gasteiger partial charge in [0.15, 0.2) is 5.96 Å². The van der Waals surface area contributed by atoms with Gasteiger partial charge in [0.05, 0.1) is 0 Å². The van der Waals surface area contributed by atoms with Gasteiger partial charge in [0.25, 0.3) is 0 Å². The minimum atomic E-state index is -1.19. The molecule has 0 unspecified atom stereocenters. The second-order valence-corrected chi connectivity index (χ2v) is 13.3. The minimum Gasteiger partial charge on any atom is -0.508 e. The van der Waals surface area contributed by atoms with Gasteiger partial charge in [0.1, 0.15) is 35.2 Å². The molecule has 1 aromatic heterocycles. The molecule has 3 aromatic carbocycles. The zero-order valence-electron chi connectivity index (χ0n) is 29.3. The Morgan fingerprint density at radius 2 is 1.40 bits per heavy atom. The van der Waals surface area contributed by atoms with Gasteiger partial charge < -0.3 is 52.3 Å². The Labute approximate surface area is 301 Å². The Hall–Kier alpha value is -6.25. The summed E-state index contributed by atoms with van der Waals surface area (Å²) in [4.78, 5) is 57.7. The maximum absolute atomic E-state index is 14.1. The lowest BCUT2D eigenvalue weighted by Gasteiger charge is -2.26. The standard InChI is InChI=1S/C37H46N8O7/c1-37(2,3)52-36(51)45-30(19-22-10-14-25(46)15-11-22)34(50)43-29(9-6-18-40-35(38)39)32(48)44-31(33(49)42-24-12-16-26(47)17-13-24)20-23-21-41-28-8-5-4-7-27(23)28/h4-5,7-8,10-17,21,29-31,41,46-47H,6,9,18-20H2,1-3H3,(H,42,49)(H,43,50)(H,44,48)(H,45,51)(H4,38,39,40)/t29-,30-,31-/m0/s1. The number of nitrogens with one attached hydrogen (secondary N) is 7. The number of anilines is 1. The number of hydrogen-bond acceptors (Lipinski definition) is 8. The van der Waals surface area contributed by atoms with Crippen LogP contribution in [0.3, 0.4) is 0 Å². The minimum absolute atomic E-state index is 0.00378. The highest BCUT2D eigenvalue weighted by atomic mass is 16.6. The summed E-state index contributed by atoms with van der Waals surface area (Å²) in [5.41, 5.74) is 7.21. The van der Waals surface area contributed by atoms with Gasteiger partial charge in [-0.2, -0.15) is 0 Å². The van der Waals surface area contributed by atoms with E-state index >= 15 is 0 Å². The van der Waals surface area contributed by atoms with Crippen molar-refractivity contribution in [1.82, 2.24) is 26.3 Å². The predicted molar refractivity (Wildman–Crippen MR) is 197 cm³/mol. The number of guanidine groups is 1. The van der Waals surface area contributed by atoms with Crippen molar-refractivity contribution in [3.05, 3.63) is 90.1 Å². The average molecular weight is 715 g/mol. The van der Waals surface area contributed by atoms with E-state index in [1.54, 1.807) is 39.1 Å². The van der Waals surface area contributed by atoms with Gasteiger partial charge in [-0.1, -0.05) is 30.3 Å². The van der Waals surface area contributed by atoms with Crippen LogP contribution in [0.5, 0.6) is 11.5 Å². The highest BCUT2D eigenvalue weighted by molar-refractivity contribution is 5.99. The molecule has 0 fully saturated rings. The Balaban J connectivity index is 1.60. The summed E-state index contributed by atoms with van der Waals surface area (Å²) in [6.07, 6.45) is 1.39. The number of ether oxygens (including phenoxy) is 1. The lowest BCUT2D eigenvalue weighted by Crippen LogP contribution is -2.57. The second-order valence-electron chi connectivity index (χ2n) is 13.3. The zero-order chi connectivity index (χ0) is 37.8. The fraction of sp³-hybridized carbons (Fsp3) is 0.324. The number of nitrogens with two attached hydrogens (primary N) is 1. The van der Waals surface area contributed by atoms with Crippen LogP contribution in [-0.4, -0.2) is 75.2 Å². The molecule has 1 heterocycles. The molecule has 276 valence electrons. The zero-order valence-corrected chi connectivity index (χ0v) is 29.3. The van der Waals surface area contributed by atoms with Crippen LogP contribution in [0.2, 0.25) is 0 Å². The van der Waals surface area contributed by atoms with Crippen molar-refractivity contribution in [1.29, 1.82) is 5.41 Å². The molecule has 4 rings (SSSR count). The van der Waals surface area contributed by atoms with Crippen LogP contribution in [0.15, 0.2) is 79.0 Å². The van der Waals surface area contributed by atoms with Crippen molar-refractivity contribution < 1.29 is 34.1 Å². The first-order chi connectivity index (χ1) is 24.7. The SMILES string of the molecule is CC(C)(C)OC(=O)N[C@@H](Cc1ccc(O)cc1)C(=O)N[C@@H](CCCNC(=N)N)C(=O)N[C@@H](Cc1c[nH]c2ccccc12)C(=O)Nc1ccc(O)cc1. The third-order valence-electron chi connectivity index (χ3n) is 7.87. The van der Waals surface area contributed by atoms with Gasteiger partial charge >= 0.3 is 6.09 Å². The van der Waals surface area contributed by atoms with Crippen molar-refractivity contribution in [3.8, 4) is 11.5 Å². The monoisotopic (exact) mass is 714 g/mol. The quantitative estimate of drug-likeness (QED) is 0.0376. The maximum Gasteiger partial charge on any atom is 0.408 e. The van der Waals surface area contributed by atoms with Crippen LogP contribution < -0.4 is 32.3 Å². The van der Waals surface area contributed by atoms with E-state index in [4.69, 9.17) is 15.9 Å². The number of benzene rings is 3. The summed E-state index contributed by atoms with van der Waals surface area (Å²) in [6.45, 7) is 5.27. The highest BCUT2D eigenvalue weighted by Crippen LogP contribution is 2.21. The van der Waals surface area contributed by atoms with Gasteiger partial charge in [0.2, 0.25) is 17.7 Å². The molecule has 0 saturated heterocycles. The van der Waals surface area contributed by atoms with E-state index in [1.807, 2.05) is 24.3 Å². The number of alkyl carbamates (subject to hydrolysis) is 1. The van der Waals surface area contributed by atoms with E-state index < -0.39 is 47.5 Å². The van der Waals surface area contributed by atoms with Gasteiger partial charge in [-0.3, -0.25) is 19.8 Å². The van der Waals surface area contributed by atoms with Crippen LogP contribution in [0.25, 0.3) is 10.9 Å². The summed E-state index contributed by atoms with van der Waals surface area (Å²) in [5.74, 6) is -2.11.